The molecular formula is C16H21N5O2. The zero-order valence-corrected chi connectivity index (χ0v) is 13.2. The molecule has 3 rings (SSSR count). The van der Waals surface area contributed by atoms with E-state index in [9.17, 15) is 4.79 Å². The summed E-state index contributed by atoms with van der Waals surface area (Å²) in [6.07, 6.45) is 6.04. The highest BCUT2D eigenvalue weighted by molar-refractivity contribution is 5.74. The summed E-state index contributed by atoms with van der Waals surface area (Å²) in [5, 5.41) is 6.97. The molecular weight excluding hydrogens is 294 g/mol. The van der Waals surface area contributed by atoms with Crippen LogP contribution in [0, 0.1) is 5.92 Å². The third-order valence-electron chi connectivity index (χ3n) is 3.97. The lowest BCUT2D eigenvalue weighted by molar-refractivity contribution is 0.207. The fourth-order valence-electron chi connectivity index (χ4n) is 2.73. The number of hydrogen-bond donors (Lipinski definition) is 1. The molecule has 0 spiro atoms. The van der Waals surface area contributed by atoms with Crippen LogP contribution in [0.4, 0.5) is 4.79 Å². The van der Waals surface area contributed by atoms with Gasteiger partial charge in [0.15, 0.2) is 5.82 Å². The molecule has 0 saturated carbocycles. The Balaban J connectivity index is 1.55. The Morgan fingerprint density at radius 3 is 3.04 bits per heavy atom. The summed E-state index contributed by atoms with van der Waals surface area (Å²) in [7, 11) is 0. The number of carbonyl (C=O) groups is 1. The fraction of sp³-hybridized carbons (Fsp3) is 0.500. The zero-order chi connectivity index (χ0) is 16.1. The Morgan fingerprint density at radius 2 is 2.26 bits per heavy atom. The molecule has 3 heterocycles. The molecule has 1 atom stereocenters. The minimum absolute atomic E-state index is 0.0277. The second kappa shape index (κ2) is 7.21. The number of amides is 2. The maximum absolute atomic E-state index is 12.0. The predicted molar refractivity (Wildman–Crippen MR) is 84.6 cm³/mol. The van der Waals surface area contributed by atoms with Crippen molar-refractivity contribution in [2.24, 2.45) is 5.92 Å². The van der Waals surface area contributed by atoms with Crippen molar-refractivity contribution in [3.05, 3.63) is 30.4 Å². The van der Waals surface area contributed by atoms with Gasteiger partial charge in [-0.1, -0.05) is 12.1 Å². The number of nitrogens with zero attached hydrogens (tertiary/aromatic N) is 4. The van der Waals surface area contributed by atoms with E-state index in [0.29, 0.717) is 17.6 Å². The quantitative estimate of drug-likeness (QED) is 0.913. The molecule has 0 bridgehead atoms. The normalized spacial score (nSPS) is 17.4. The van der Waals surface area contributed by atoms with Gasteiger partial charge in [0, 0.05) is 44.0 Å². The highest BCUT2D eigenvalue weighted by Crippen LogP contribution is 2.22. The summed E-state index contributed by atoms with van der Waals surface area (Å²) in [5.74, 6) is 1.58. The van der Waals surface area contributed by atoms with E-state index in [0.717, 1.165) is 44.5 Å². The SMILES string of the molecule is CCCNC(=O)N1CCC(Cc2noc(-c3ccncc3)n2)C1. The van der Waals surface area contributed by atoms with E-state index in [1.54, 1.807) is 12.4 Å². The number of pyridine rings is 1. The Kier molecular flexibility index (Phi) is 4.85. The van der Waals surface area contributed by atoms with Crippen LogP contribution in [-0.4, -0.2) is 45.7 Å². The maximum atomic E-state index is 12.0. The van der Waals surface area contributed by atoms with Gasteiger partial charge in [-0.15, -0.1) is 0 Å². The molecule has 7 heteroatoms. The van der Waals surface area contributed by atoms with Crippen molar-refractivity contribution in [1.29, 1.82) is 0 Å². The molecule has 2 aromatic rings. The van der Waals surface area contributed by atoms with Gasteiger partial charge in [-0.05, 0) is 30.9 Å². The van der Waals surface area contributed by atoms with Crippen molar-refractivity contribution in [3.63, 3.8) is 0 Å². The van der Waals surface area contributed by atoms with E-state index in [1.807, 2.05) is 24.0 Å². The molecule has 1 saturated heterocycles. The first-order chi connectivity index (χ1) is 11.3. The molecule has 2 amide bonds. The Morgan fingerprint density at radius 1 is 1.43 bits per heavy atom. The number of carbonyl (C=O) groups excluding carboxylic acids is 1. The van der Waals surface area contributed by atoms with Gasteiger partial charge in [0.05, 0.1) is 0 Å². The molecule has 2 aromatic heterocycles. The summed E-state index contributed by atoms with van der Waals surface area (Å²) in [6, 6.07) is 3.71. The first kappa shape index (κ1) is 15.5. The monoisotopic (exact) mass is 315 g/mol. The minimum atomic E-state index is 0.0277. The number of aromatic nitrogens is 3. The van der Waals surface area contributed by atoms with Gasteiger partial charge >= 0.3 is 6.03 Å². The second-order valence-electron chi connectivity index (χ2n) is 5.79. The van der Waals surface area contributed by atoms with Crippen LogP contribution < -0.4 is 5.32 Å². The van der Waals surface area contributed by atoms with Gasteiger partial charge < -0.3 is 14.7 Å². The van der Waals surface area contributed by atoms with Crippen molar-refractivity contribution in [2.45, 2.75) is 26.2 Å². The molecule has 1 fully saturated rings. The highest BCUT2D eigenvalue weighted by Gasteiger charge is 2.27. The molecule has 7 nitrogen and oxygen atoms in total. The van der Waals surface area contributed by atoms with E-state index in [4.69, 9.17) is 4.52 Å². The molecule has 23 heavy (non-hydrogen) atoms. The molecule has 1 unspecified atom stereocenters. The first-order valence-electron chi connectivity index (χ1n) is 8.02. The van der Waals surface area contributed by atoms with Gasteiger partial charge in [0.1, 0.15) is 0 Å². The molecule has 1 aliphatic heterocycles. The third-order valence-corrected chi connectivity index (χ3v) is 3.97. The van der Waals surface area contributed by atoms with Crippen LogP contribution in [0.5, 0.6) is 0 Å². The van der Waals surface area contributed by atoms with Crippen LogP contribution in [0.25, 0.3) is 11.5 Å². The molecule has 0 aliphatic carbocycles. The van der Waals surface area contributed by atoms with Gasteiger partial charge in [-0.2, -0.15) is 4.98 Å². The van der Waals surface area contributed by atoms with Gasteiger partial charge in [-0.25, -0.2) is 4.79 Å². The highest BCUT2D eigenvalue weighted by atomic mass is 16.5. The third kappa shape index (κ3) is 3.85. The Hall–Kier alpha value is -2.44. The second-order valence-corrected chi connectivity index (χ2v) is 5.79. The number of rotatable bonds is 5. The lowest BCUT2D eigenvalue weighted by atomic mass is 10.1. The summed E-state index contributed by atoms with van der Waals surface area (Å²) in [6.45, 7) is 4.30. The number of nitrogens with one attached hydrogen (secondary N) is 1. The van der Waals surface area contributed by atoms with Crippen molar-refractivity contribution in [1.82, 2.24) is 25.3 Å². The van der Waals surface area contributed by atoms with E-state index >= 15 is 0 Å². The van der Waals surface area contributed by atoms with Crippen LogP contribution in [-0.2, 0) is 6.42 Å². The summed E-state index contributed by atoms with van der Waals surface area (Å²) in [4.78, 5) is 22.2. The van der Waals surface area contributed by atoms with Crippen molar-refractivity contribution in [2.75, 3.05) is 19.6 Å². The lowest BCUT2D eigenvalue weighted by Gasteiger charge is -2.16. The fourth-order valence-corrected chi connectivity index (χ4v) is 2.73. The average Bonchev–Trinajstić information content (AvgIpc) is 3.23. The number of urea groups is 1. The van der Waals surface area contributed by atoms with E-state index in [-0.39, 0.29) is 6.03 Å². The van der Waals surface area contributed by atoms with Crippen LogP contribution in [0.1, 0.15) is 25.6 Å². The van der Waals surface area contributed by atoms with Gasteiger partial charge in [-0.3, -0.25) is 4.98 Å². The molecule has 122 valence electrons. The van der Waals surface area contributed by atoms with E-state index < -0.39 is 0 Å². The Labute approximate surface area is 135 Å². The van der Waals surface area contributed by atoms with E-state index in [2.05, 4.69) is 20.4 Å². The summed E-state index contributed by atoms with van der Waals surface area (Å²) < 4.78 is 5.31. The number of hydrogen-bond acceptors (Lipinski definition) is 5. The van der Waals surface area contributed by atoms with Crippen LogP contribution in [0.2, 0.25) is 0 Å². The average molecular weight is 315 g/mol. The van der Waals surface area contributed by atoms with Crippen molar-refractivity contribution < 1.29 is 9.32 Å². The van der Waals surface area contributed by atoms with Crippen molar-refractivity contribution in [3.8, 4) is 11.5 Å². The molecule has 1 N–H and O–H groups in total. The van der Waals surface area contributed by atoms with Gasteiger partial charge in [0.2, 0.25) is 0 Å². The van der Waals surface area contributed by atoms with Crippen LogP contribution in [0.15, 0.2) is 29.0 Å². The topological polar surface area (TPSA) is 84.2 Å². The largest absolute Gasteiger partial charge is 0.338 e. The van der Waals surface area contributed by atoms with Crippen molar-refractivity contribution >= 4 is 6.03 Å². The molecule has 0 radical (unpaired) electrons. The molecule has 1 aliphatic rings. The van der Waals surface area contributed by atoms with Crippen LogP contribution >= 0.6 is 0 Å². The summed E-state index contributed by atoms with van der Waals surface area (Å²) >= 11 is 0. The van der Waals surface area contributed by atoms with Crippen LogP contribution in [0.3, 0.4) is 0 Å². The lowest BCUT2D eigenvalue weighted by Crippen LogP contribution is -2.38. The Bertz CT molecular complexity index is 643. The standard InChI is InChI=1S/C16H21N5O2/c1-2-6-18-16(22)21-9-5-12(11-21)10-14-19-15(23-20-14)13-3-7-17-8-4-13/h3-4,7-8,12H,2,5-6,9-11H2,1H3,(H,18,22). The first-order valence-corrected chi connectivity index (χ1v) is 8.02. The summed E-state index contributed by atoms with van der Waals surface area (Å²) in [5.41, 5.74) is 0.866. The molecule has 0 aromatic carbocycles. The predicted octanol–water partition coefficient (Wildman–Crippen LogP) is 2.12. The minimum Gasteiger partial charge on any atom is -0.338 e. The van der Waals surface area contributed by atoms with Gasteiger partial charge in [0.25, 0.3) is 5.89 Å². The van der Waals surface area contributed by atoms with E-state index in [1.165, 1.54) is 0 Å². The number of likely N-dealkylation sites (tertiary alicyclic amines) is 1. The smallest absolute Gasteiger partial charge is 0.317 e. The maximum Gasteiger partial charge on any atom is 0.317 e. The zero-order valence-electron chi connectivity index (χ0n) is 13.2.